The number of unbranched alkanes of at least 4 members (excludes halogenated alkanes) is 1. The molecule has 0 bridgehead atoms. The molecule has 0 radical (unpaired) electrons. The fourth-order valence-corrected chi connectivity index (χ4v) is 4.26. The minimum absolute atomic E-state index is 0.178. The summed E-state index contributed by atoms with van der Waals surface area (Å²) >= 11 is 1.42. The predicted molar refractivity (Wildman–Crippen MR) is 106 cm³/mol. The second-order valence-electron chi connectivity index (χ2n) is 6.70. The molecule has 8 heteroatoms. The Labute approximate surface area is 168 Å². The van der Waals surface area contributed by atoms with E-state index in [0.29, 0.717) is 12.4 Å². The van der Waals surface area contributed by atoms with Crippen LogP contribution in [-0.2, 0) is 19.1 Å². The van der Waals surface area contributed by atoms with Crippen molar-refractivity contribution in [3.63, 3.8) is 0 Å². The summed E-state index contributed by atoms with van der Waals surface area (Å²) in [5.41, 5.74) is 0.772. The smallest absolute Gasteiger partial charge is 0.333 e. The van der Waals surface area contributed by atoms with E-state index >= 15 is 0 Å². The van der Waals surface area contributed by atoms with E-state index in [-0.39, 0.29) is 23.8 Å². The lowest BCUT2D eigenvalue weighted by atomic mass is 9.99. The summed E-state index contributed by atoms with van der Waals surface area (Å²) in [5, 5.41) is 4.25. The molecule has 28 heavy (non-hydrogen) atoms. The zero-order chi connectivity index (χ0) is 20.1. The van der Waals surface area contributed by atoms with Gasteiger partial charge in [0, 0.05) is 0 Å². The summed E-state index contributed by atoms with van der Waals surface area (Å²) in [4.78, 5) is 38.7. The first kappa shape index (κ1) is 20.3. The van der Waals surface area contributed by atoms with Gasteiger partial charge in [-0.05, 0) is 36.5 Å². The largest absolute Gasteiger partial charge is 0.484 e. The zero-order valence-electron chi connectivity index (χ0n) is 15.9. The van der Waals surface area contributed by atoms with Gasteiger partial charge in [-0.15, -0.1) is 11.8 Å². The lowest BCUT2D eigenvalue weighted by Crippen LogP contribution is -2.74. The highest BCUT2D eigenvalue weighted by Gasteiger charge is 2.55. The van der Waals surface area contributed by atoms with E-state index in [0.717, 1.165) is 18.4 Å². The van der Waals surface area contributed by atoms with Crippen LogP contribution in [0.4, 0.5) is 0 Å². The number of carbonyl (C=O) groups is 3. The molecular weight excluding hydrogens is 380 g/mol. The Bertz CT molecular complexity index is 767. The Kier molecular flexibility index (Phi) is 6.61. The van der Waals surface area contributed by atoms with Gasteiger partial charge in [-0.1, -0.05) is 31.5 Å². The number of fused-ring (bicyclic) bond motifs is 1. The van der Waals surface area contributed by atoms with Crippen molar-refractivity contribution in [3.8, 4) is 5.75 Å². The molecule has 0 saturated carbocycles. The van der Waals surface area contributed by atoms with E-state index in [2.05, 4.69) is 5.32 Å². The normalized spacial score (nSPS) is 23.2. The number of hydrogen-bond donors (Lipinski definition) is 1. The SMILES string of the molecule is CCCCOC(=O)C1C(C)=CSC2C(NC(=O)COc3ccccc3)C(=O)N12. The summed E-state index contributed by atoms with van der Waals surface area (Å²) in [6, 6.07) is 7.59. The van der Waals surface area contributed by atoms with Crippen molar-refractivity contribution in [3.05, 3.63) is 41.3 Å². The number of esters is 1. The molecule has 0 aliphatic carbocycles. The highest BCUT2D eigenvalue weighted by molar-refractivity contribution is 8.02. The molecule has 3 rings (SSSR count). The molecule has 3 atom stereocenters. The molecule has 1 N–H and O–H groups in total. The number of nitrogens with zero attached hydrogens (tertiary/aromatic N) is 1. The van der Waals surface area contributed by atoms with Crippen molar-refractivity contribution >= 4 is 29.5 Å². The second kappa shape index (κ2) is 9.14. The fraction of sp³-hybridized carbons (Fsp3) is 0.450. The Morgan fingerprint density at radius 2 is 2.00 bits per heavy atom. The van der Waals surface area contributed by atoms with Crippen LogP contribution >= 0.6 is 11.8 Å². The van der Waals surface area contributed by atoms with Crippen LogP contribution in [0.15, 0.2) is 41.3 Å². The number of rotatable bonds is 8. The van der Waals surface area contributed by atoms with Crippen LogP contribution in [0.3, 0.4) is 0 Å². The molecule has 2 aliphatic rings. The first-order valence-electron chi connectivity index (χ1n) is 9.31. The maximum Gasteiger partial charge on any atom is 0.333 e. The molecule has 1 aromatic carbocycles. The van der Waals surface area contributed by atoms with E-state index < -0.39 is 18.1 Å². The van der Waals surface area contributed by atoms with E-state index in [9.17, 15) is 14.4 Å². The minimum atomic E-state index is -0.718. The molecule has 3 unspecified atom stereocenters. The van der Waals surface area contributed by atoms with Crippen molar-refractivity contribution in [2.75, 3.05) is 13.2 Å². The number of para-hydroxylation sites is 1. The third kappa shape index (κ3) is 4.32. The average Bonchev–Trinajstić information content (AvgIpc) is 2.71. The number of benzene rings is 1. The van der Waals surface area contributed by atoms with Crippen molar-refractivity contribution in [2.24, 2.45) is 0 Å². The van der Waals surface area contributed by atoms with Gasteiger partial charge in [0.05, 0.1) is 6.61 Å². The summed E-state index contributed by atoms with van der Waals surface area (Å²) < 4.78 is 10.7. The van der Waals surface area contributed by atoms with Crippen molar-refractivity contribution in [2.45, 2.75) is 44.1 Å². The van der Waals surface area contributed by atoms with Gasteiger partial charge in [0.25, 0.3) is 5.91 Å². The number of nitrogens with one attached hydrogen (secondary N) is 1. The molecule has 0 spiro atoms. The number of ether oxygens (including phenoxy) is 2. The summed E-state index contributed by atoms with van der Waals surface area (Å²) in [7, 11) is 0. The Morgan fingerprint density at radius 3 is 2.71 bits per heavy atom. The maximum atomic E-state index is 12.6. The molecular formula is C20H24N2O5S. The first-order chi connectivity index (χ1) is 13.5. The molecule has 0 aromatic heterocycles. The van der Waals surface area contributed by atoms with Gasteiger partial charge < -0.3 is 19.7 Å². The molecule has 2 heterocycles. The highest BCUT2D eigenvalue weighted by atomic mass is 32.2. The third-order valence-corrected chi connectivity index (χ3v) is 5.86. The molecule has 1 aromatic rings. The van der Waals surface area contributed by atoms with Crippen LogP contribution in [0.1, 0.15) is 26.7 Å². The lowest BCUT2D eigenvalue weighted by molar-refractivity contribution is -0.163. The van der Waals surface area contributed by atoms with Crippen LogP contribution < -0.4 is 10.1 Å². The van der Waals surface area contributed by atoms with Crippen LogP contribution in [-0.4, -0.2) is 53.4 Å². The van der Waals surface area contributed by atoms with Gasteiger partial charge in [-0.2, -0.15) is 0 Å². The highest BCUT2D eigenvalue weighted by Crippen LogP contribution is 2.40. The quantitative estimate of drug-likeness (QED) is 0.406. The van der Waals surface area contributed by atoms with Gasteiger partial charge in [0.2, 0.25) is 5.91 Å². The first-order valence-corrected chi connectivity index (χ1v) is 10.3. The monoisotopic (exact) mass is 404 g/mol. The number of carbonyl (C=O) groups excluding carboxylic acids is 3. The van der Waals surface area contributed by atoms with Gasteiger partial charge in [-0.3, -0.25) is 9.59 Å². The topological polar surface area (TPSA) is 84.9 Å². The molecule has 2 aliphatic heterocycles. The summed E-state index contributed by atoms with van der Waals surface area (Å²) in [6.45, 7) is 3.99. The predicted octanol–water partition coefficient (Wildman–Crippen LogP) is 2.08. The van der Waals surface area contributed by atoms with E-state index in [1.165, 1.54) is 16.7 Å². The number of hydrogen-bond acceptors (Lipinski definition) is 6. The van der Waals surface area contributed by atoms with Gasteiger partial charge in [0.1, 0.15) is 17.2 Å². The Morgan fingerprint density at radius 1 is 1.25 bits per heavy atom. The fourth-order valence-electron chi connectivity index (χ4n) is 3.07. The van der Waals surface area contributed by atoms with E-state index in [4.69, 9.17) is 9.47 Å². The Balaban J connectivity index is 1.56. The average molecular weight is 404 g/mol. The van der Waals surface area contributed by atoms with Crippen LogP contribution in [0, 0.1) is 0 Å². The third-order valence-electron chi connectivity index (χ3n) is 4.58. The van der Waals surface area contributed by atoms with E-state index in [1.54, 1.807) is 12.1 Å². The molecule has 1 fully saturated rings. The number of β-lactam (4-membered cyclic amide) rings is 1. The Hall–Kier alpha value is -2.48. The second-order valence-corrected chi connectivity index (χ2v) is 7.70. The van der Waals surface area contributed by atoms with Crippen molar-refractivity contribution in [1.29, 1.82) is 0 Å². The van der Waals surface area contributed by atoms with Crippen LogP contribution in [0.25, 0.3) is 0 Å². The van der Waals surface area contributed by atoms with Crippen LogP contribution in [0.2, 0.25) is 0 Å². The van der Waals surface area contributed by atoms with Gasteiger partial charge in [0.15, 0.2) is 12.6 Å². The van der Waals surface area contributed by atoms with Crippen LogP contribution in [0.5, 0.6) is 5.75 Å². The van der Waals surface area contributed by atoms with Crippen molar-refractivity contribution in [1.82, 2.24) is 10.2 Å². The summed E-state index contributed by atoms with van der Waals surface area (Å²) in [6.07, 6.45) is 1.71. The van der Waals surface area contributed by atoms with E-state index in [1.807, 2.05) is 37.5 Å². The number of thioether (sulfide) groups is 1. The van der Waals surface area contributed by atoms with Crippen molar-refractivity contribution < 1.29 is 23.9 Å². The van der Waals surface area contributed by atoms with Gasteiger partial charge >= 0.3 is 5.97 Å². The zero-order valence-corrected chi connectivity index (χ0v) is 16.7. The summed E-state index contributed by atoms with van der Waals surface area (Å²) in [5.74, 6) is -0.496. The lowest BCUT2D eigenvalue weighted by Gasteiger charge is -2.51. The number of amides is 2. The minimum Gasteiger partial charge on any atom is -0.484 e. The molecule has 1 saturated heterocycles. The molecule has 2 amide bonds. The molecule has 150 valence electrons. The maximum absolute atomic E-state index is 12.6. The standard InChI is InChI=1S/C20H24N2O5S/c1-3-4-10-26-20(25)17-13(2)12-28-19-16(18(24)22(17)19)21-15(23)11-27-14-8-6-5-7-9-14/h5-9,12,16-17,19H,3-4,10-11H2,1-2H3,(H,21,23). The van der Waals surface area contributed by atoms with Gasteiger partial charge in [-0.25, -0.2) is 4.79 Å². The molecule has 7 nitrogen and oxygen atoms in total.